The predicted molar refractivity (Wildman–Crippen MR) is 103 cm³/mol. The van der Waals surface area contributed by atoms with Gasteiger partial charge in [-0.3, -0.25) is 0 Å². The Balaban J connectivity index is 0. The summed E-state index contributed by atoms with van der Waals surface area (Å²) in [5.74, 6) is 0.382. The van der Waals surface area contributed by atoms with Crippen LogP contribution in [0.5, 0.6) is 5.75 Å². The molecule has 0 unspecified atom stereocenters. The minimum atomic E-state index is 0.0814. The Kier molecular flexibility index (Phi) is 10.2. The average molecular weight is 307 g/mol. The van der Waals surface area contributed by atoms with Crippen molar-refractivity contribution in [2.75, 3.05) is 0 Å². The Hall–Kier alpha value is -1.24. The molecule has 1 aromatic rings. The molecule has 0 fully saturated rings. The van der Waals surface area contributed by atoms with Gasteiger partial charge < -0.3 is 5.11 Å². The average Bonchev–Trinajstić information content (AvgIpc) is 2.43. The van der Waals surface area contributed by atoms with Crippen LogP contribution in [0, 0.1) is 5.41 Å². The number of aromatic hydroxyl groups is 1. The molecule has 0 spiro atoms. The van der Waals surface area contributed by atoms with Crippen LogP contribution in [0.1, 0.15) is 85.9 Å². The molecule has 1 heteroatoms. The highest BCUT2D eigenvalue weighted by atomic mass is 16.3. The first kappa shape index (κ1) is 23.0. The van der Waals surface area contributed by atoms with Crippen molar-refractivity contribution >= 4 is 6.08 Å². The van der Waals surface area contributed by atoms with E-state index in [1.165, 1.54) is 5.56 Å². The van der Waals surface area contributed by atoms with Crippen molar-refractivity contribution in [3.05, 3.63) is 35.4 Å². The second-order valence-electron chi connectivity index (χ2n) is 7.26. The zero-order valence-electron chi connectivity index (χ0n) is 16.6. The highest BCUT2D eigenvalue weighted by Crippen LogP contribution is 2.35. The molecule has 0 amide bonds. The smallest absolute Gasteiger partial charge is 0.125 e. The van der Waals surface area contributed by atoms with Gasteiger partial charge in [-0.25, -0.2) is 0 Å². The largest absolute Gasteiger partial charge is 0.507 e. The molecule has 0 saturated carbocycles. The third-order valence-electron chi connectivity index (χ3n) is 3.03. The third kappa shape index (κ3) is 7.68. The molecule has 1 aromatic carbocycles. The fraction of sp³-hybridized carbons (Fsp3) is 0.619. The Morgan fingerprint density at radius 2 is 1.41 bits per heavy atom. The molecular weight excluding hydrogens is 268 g/mol. The summed E-state index contributed by atoms with van der Waals surface area (Å²) in [4.78, 5) is 0. The number of rotatable bonds is 2. The van der Waals surface area contributed by atoms with E-state index < -0.39 is 0 Å². The number of hydrogen-bond acceptors (Lipinski definition) is 1. The minimum Gasteiger partial charge on any atom is -0.507 e. The number of hydrogen-bond donors (Lipinski definition) is 1. The molecule has 128 valence electrons. The molecule has 0 aromatic heterocycles. The first-order valence-electron chi connectivity index (χ1n) is 8.53. The van der Waals surface area contributed by atoms with Gasteiger partial charge in [-0.05, 0) is 34.4 Å². The van der Waals surface area contributed by atoms with Crippen LogP contribution in [0.3, 0.4) is 0 Å². The van der Waals surface area contributed by atoms with Crippen molar-refractivity contribution in [2.45, 2.75) is 81.1 Å². The first-order chi connectivity index (χ1) is 10.0. The topological polar surface area (TPSA) is 20.2 Å². The summed E-state index contributed by atoms with van der Waals surface area (Å²) in [7, 11) is 0. The van der Waals surface area contributed by atoms with Crippen LogP contribution in [-0.4, -0.2) is 5.11 Å². The summed E-state index contributed by atoms with van der Waals surface area (Å²) >= 11 is 0. The summed E-state index contributed by atoms with van der Waals surface area (Å²) in [6.45, 7) is 24.9. The van der Waals surface area contributed by atoms with E-state index >= 15 is 0 Å². The van der Waals surface area contributed by atoms with Gasteiger partial charge in [-0.2, -0.15) is 0 Å². The lowest BCUT2D eigenvalue weighted by Crippen LogP contribution is -2.14. The molecule has 1 N–H and O–H groups in total. The fourth-order valence-electron chi connectivity index (χ4n) is 2.01. The van der Waals surface area contributed by atoms with Gasteiger partial charge in [-0.1, -0.05) is 88.0 Å². The normalized spacial score (nSPS) is 10.8. The lowest BCUT2D eigenvalue weighted by Gasteiger charge is -2.24. The van der Waals surface area contributed by atoms with E-state index in [-0.39, 0.29) is 10.8 Å². The van der Waals surface area contributed by atoms with Crippen LogP contribution in [-0.2, 0) is 11.8 Å². The molecule has 0 atom stereocenters. The van der Waals surface area contributed by atoms with Crippen molar-refractivity contribution in [3.63, 3.8) is 0 Å². The van der Waals surface area contributed by atoms with E-state index in [4.69, 9.17) is 0 Å². The van der Waals surface area contributed by atoms with E-state index in [1.54, 1.807) is 6.08 Å². The summed E-state index contributed by atoms with van der Waals surface area (Å²) in [5.41, 5.74) is 3.34. The van der Waals surface area contributed by atoms with E-state index in [9.17, 15) is 5.11 Å². The van der Waals surface area contributed by atoms with Crippen molar-refractivity contribution < 1.29 is 5.11 Å². The van der Waals surface area contributed by atoms with Gasteiger partial charge in [-0.15, -0.1) is 0 Å². The molecule has 1 rings (SSSR count). The lowest BCUT2D eigenvalue weighted by atomic mass is 9.81. The van der Waals surface area contributed by atoms with Gasteiger partial charge in [0.15, 0.2) is 0 Å². The van der Waals surface area contributed by atoms with E-state index in [0.717, 1.165) is 17.5 Å². The van der Waals surface area contributed by atoms with Gasteiger partial charge in [0, 0.05) is 5.56 Å². The number of benzene rings is 1. The molecule has 22 heavy (non-hydrogen) atoms. The second kappa shape index (κ2) is 9.71. The van der Waals surface area contributed by atoms with Gasteiger partial charge in [0.1, 0.15) is 5.75 Å². The van der Waals surface area contributed by atoms with Crippen LogP contribution >= 0.6 is 0 Å². The molecule has 0 aliphatic heterocycles. The molecule has 0 saturated heterocycles. The lowest BCUT2D eigenvalue weighted by molar-refractivity contribution is 0.393. The third-order valence-corrected chi connectivity index (χ3v) is 3.03. The second-order valence-corrected chi connectivity index (χ2v) is 7.26. The van der Waals surface area contributed by atoms with Crippen LogP contribution in [0.4, 0.5) is 0 Å². The SMILES string of the molecule is C=Cc1cc(C(C)(C)C)cc(CC(C)(C)C)c1O.CC.CC. The molecule has 0 aliphatic rings. The van der Waals surface area contributed by atoms with Gasteiger partial charge in [0.05, 0.1) is 0 Å². The molecule has 0 heterocycles. The summed E-state index contributed by atoms with van der Waals surface area (Å²) < 4.78 is 0. The highest BCUT2D eigenvalue weighted by molar-refractivity contribution is 5.60. The number of phenols is 1. The quantitative estimate of drug-likeness (QED) is 0.625. The summed E-state index contributed by atoms with van der Waals surface area (Å²) in [6.07, 6.45) is 2.60. The Labute approximate surface area is 139 Å². The molecular formula is C21H38O. The Morgan fingerprint density at radius 1 is 0.955 bits per heavy atom. The standard InChI is InChI=1S/C17H26O.2C2H6/c1-8-12-9-14(17(5,6)7)10-13(15(12)18)11-16(2,3)4;2*1-2/h8-10,18H,1,11H2,2-7H3;2*1-2H3. The maximum Gasteiger partial charge on any atom is 0.125 e. The zero-order chi connectivity index (χ0) is 18.1. The Bertz CT molecular complexity index is 442. The van der Waals surface area contributed by atoms with Crippen LogP contribution in [0.2, 0.25) is 0 Å². The van der Waals surface area contributed by atoms with Crippen LogP contribution < -0.4 is 0 Å². The van der Waals surface area contributed by atoms with Gasteiger partial charge in [0.25, 0.3) is 0 Å². The van der Waals surface area contributed by atoms with E-state index in [0.29, 0.717) is 5.75 Å². The van der Waals surface area contributed by atoms with Crippen molar-refractivity contribution in [1.82, 2.24) is 0 Å². The van der Waals surface area contributed by atoms with E-state index in [2.05, 4.69) is 54.2 Å². The molecule has 1 nitrogen and oxygen atoms in total. The van der Waals surface area contributed by atoms with Gasteiger partial charge >= 0.3 is 0 Å². The van der Waals surface area contributed by atoms with Crippen molar-refractivity contribution in [1.29, 1.82) is 0 Å². The first-order valence-corrected chi connectivity index (χ1v) is 8.53. The fourth-order valence-corrected chi connectivity index (χ4v) is 2.01. The summed E-state index contributed by atoms with van der Waals surface area (Å²) in [5, 5.41) is 10.3. The van der Waals surface area contributed by atoms with E-state index in [1.807, 2.05) is 33.8 Å². The monoisotopic (exact) mass is 306 g/mol. The predicted octanol–water partition coefficient (Wildman–Crippen LogP) is 6.97. The zero-order valence-corrected chi connectivity index (χ0v) is 16.6. The Morgan fingerprint density at radius 3 is 1.73 bits per heavy atom. The maximum absolute atomic E-state index is 10.3. The van der Waals surface area contributed by atoms with Gasteiger partial charge in [0.2, 0.25) is 0 Å². The van der Waals surface area contributed by atoms with Crippen molar-refractivity contribution in [3.8, 4) is 5.75 Å². The minimum absolute atomic E-state index is 0.0814. The summed E-state index contributed by atoms with van der Waals surface area (Å²) in [6, 6.07) is 4.17. The maximum atomic E-state index is 10.3. The van der Waals surface area contributed by atoms with Crippen LogP contribution in [0.15, 0.2) is 18.7 Å². The molecule has 0 aliphatic carbocycles. The van der Waals surface area contributed by atoms with Crippen molar-refractivity contribution in [2.24, 2.45) is 5.41 Å². The van der Waals surface area contributed by atoms with Crippen LogP contribution in [0.25, 0.3) is 6.08 Å². The highest BCUT2D eigenvalue weighted by Gasteiger charge is 2.20. The number of phenolic OH excluding ortho intramolecular Hbond substituents is 1. The molecule has 0 bridgehead atoms. The molecule has 0 radical (unpaired) electrons.